The fourth-order valence-corrected chi connectivity index (χ4v) is 2.04. The van der Waals surface area contributed by atoms with Gasteiger partial charge in [-0.2, -0.15) is 0 Å². The predicted molar refractivity (Wildman–Crippen MR) is 65.6 cm³/mol. The molecule has 0 amide bonds. The lowest BCUT2D eigenvalue weighted by Gasteiger charge is -2.16. The van der Waals surface area contributed by atoms with Gasteiger partial charge < -0.3 is 14.6 Å². The molecule has 0 bridgehead atoms. The summed E-state index contributed by atoms with van der Waals surface area (Å²) in [5.74, 6) is 1.53. The Morgan fingerprint density at radius 3 is 2.76 bits per heavy atom. The quantitative estimate of drug-likeness (QED) is 0.834. The number of methoxy groups -OCH3 is 1. The fraction of sp³-hybridized carbons (Fsp3) is 0.538. The number of β-amino-alcohol motifs (C(OH)–C–C–N with tert-alkyl or cyclic N) is 1. The summed E-state index contributed by atoms with van der Waals surface area (Å²) in [7, 11) is 1.64. The number of benzene rings is 1. The zero-order valence-corrected chi connectivity index (χ0v) is 10.1. The summed E-state index contributed by atoms with van der Waals surface area (Å²) in [4.78, 5) is 2.21. The number of nitrogens with zero attached hydrogens (tertiary/aromatic N) is 1. The van der Waals surface area contributed by atoms with Crippen molar-refractivity contribution >= 4 is 0 Å². The van der Waals surface area contributed by atoms with Gasteiger partial charge in [-0.15, -0.1) is 0 Å². The second kappa shape index (κ2) is 5.89. The van der Waals surface area contributed by atoms with Gasteiger partial charge in [0.2, 0.25) is 0 Å². The summed E-state index contributed by atoms with van der Waals surface area (Å²) in [5, 5.41) is 9.40. The van der Waals surface area contributed by atoms with Crippen LogP contribution < -0.4 is 9.47 Å². The highest BCUT2D eigenvalue weighted by atomic mass is 16.5. The third kappa shape index (κ3) is 3.35. The molecular formula is C13H19NO3. The van der Waals surface area contributed by atoms with Crippen molar-refractivity contribution in [1.29, 1.82) is 0 Å². The zero-order valence-electron chi connectivity index (χ0n) is 10.1. The number of likely N-dealkylation sites (tertiary alicyclic amines) is 1. The Balaban J connectivity index is 1.78. The minimum atomic E-state index is -0.165. The Kier molecular flexibility index (Phi) is 4.23. The summed E-state index contributed by atoms with van der Waals surface area (Å²) in [6.07, 6.45) is 0.704. The highest BCUT2D eigenvalue weighted by Gasteiger charge is 2.19. The average Bonchev–Trinajstić information content (AvgIpc) is 2.76. The van der Waals surface area contributed by atoms with Crippen molar-refractivity contribution in [3.63, 3.8) is 0 Å². The van der Waals surface area contributed by atoms with Crippen molar-refractivity contribution in [2.75, 3.05) is 33.4 Å². The Bertz CT molecular complexity index is 356. The van der Waals surface area contributed by atoms with E-state index in [1.54, 1.807) is 7.11 Å². The minimum absolute atomic E-state index is 0.165. The van der Waals surface area contributed by atoms with Crippen LogP contribution in [0.3, 0.4) is 0 Å². The largest absolute Gasteiger partial charge is 0.493 e. The topological polar surface area (TPSA) is 41.9 Å². The van der Waals surface area contributed by atoms with Gasteiger partial charge in [0, 0.05) is 19.6 Å². The highest BCUT2D eigenvalue weighted by molar-refractivity contribution is 5.39. The van der Waals surface area contributed by atoms with Crippen molar-refractivity contribution in [3.8, 4) is 11.5 Å². The molecule has 0 unspecified atom stereocenters. The second-order valence-corrected chi connectivity index (χ2v) is 4.24. The normalized spacial score (nSPS) is 20.5. The molecule has 1 aromatic carbocycles. The van der Waals surface area contributed by atoms with E-state index in [0.29, 0.717) is 6.61 Å². The van der Waals surface area contributed by atoms with E-state index in [0.717, 1.165) is 37.6 Å². The lowest BCUT2D eigenvalue weighted by molar-refractivity contribution is 0.166. The molecule has 0 spiro atoms. The maximum absolute atomic E-state index is 9.40. The standard InChI is InChI=1S/C13H19NO3/c1-16-12-4-2-3-5-13(12)17-9-8-14-7-6-11(15)10-14/h2-5,11,15H,6-10H2,1H3/t11-/m0/s1. The third-order valence-corrected chi connectivity index (χ3v) is 2.98. The van der Waals surface area contributed by atoms with Crippen LogP contribution in [0.1, 0.15) is 6.42 Å². The van der Waals surface area contributed by atoms with Crippen LogP contribution in [0.25, 0.3) is 0 Å². The van der Waals surface area contributed by atoms with Gasteiger partial charge >= 0.3 is 0 Å². The Hall–Kier alpha value is -1.26. The van der Waals surface area contributed by atoms with Crippen molar-refractivity contribution in [3.05, 3.63) is 24.3 Å². The van der Waals surface area contributed by atoms with Crippen LogP contribution in [-0.4, -0.2) is 49.5 Å². The minimum Gasteiger partial charge on any atom is -0.493 e. The molecule has 1 aromatic rings. The summed E-state index contributed by atoms with van der Waals surface area (Å²) in [6.45, 7) is 3.17. The molecule has 2 rings (SSSR count). The van der Waals surface area contributed by atoms with E-state index in [9.17, 15) is 5.11 Å². The third-order valence-electron chi connectivity index (χ3n) is 2.98. The molecule has 1 fully saturated rings. The van der Waals surface area contributed by atoms with Gasteiger partial charge in [-0.25, -0.2) is 0 Å². The number of aliphatic hydroxyl groups is 1. The molecule has 17 heavy (non-hydrogen) atoms. The first-order valence-electron chi connectivity index (χ1n) is 5.96. The monoisotopic (exact) mass is 237 g/mol. The summed E-state index contributed by atoms with van der Waals surface area (Å²) in [6, 6.07) is 7.63. The Morgan fingerprint density at radius 1 is 1.35 bits per heavy atom. The molecule has 1 heterocycles. The number of hydrogen-bond acceptors (Lipinski definition) is 4. The number of aliphatic hydroxyl groups excluding tert-OH is 1. The number of para-hydroxylation sites is 2. The Morgan fingerprint density at radius 2 is 2.12 bits per heavy atom. The van der Waals surface area contributed by atoms with Crippen LogP contribution in [0.2, 0.25) is 0 Å². The zero-order chi connectivity index (χ0) is 12.1. The predicted octanol–water partition coefficient (Wildman–Crippen LogP) is 1.14. The molecule has 1 aliphatic rings. The highest BCUT2D eigenvalue weighted by Crippen LogP contribution is 2.25. The summed E-state index contributed by atoms with van der Waals surface area (Å²) in [5.41, 5.74) is 0. The van der Waals surface area contributed by atoms with Crippen molar-refractivity contribution in [2.45, 2.75) is 12.5 Å². The smallest absolute Gasteiger partial charge is 0.161 e. The number of rotatable bonds is 5. The van der Waals surface area contributed by atoms with Gasteiger partial charge in [-0.05, 0) is 18.6 Å². The molecule has 4 heteroatoms. The van der Waals surface area contributed by atoms with E-state index in [1.165, 1.54) is 0 Å². The van der Waals surface area contributed by atoms with E-state index in [2.05, 4.69) is 4.90 Å². The molecular weight excluding hydrogens is 218 g/mol. The van der Waals surface area contributed by atoms with E-state index in [4.69, 9.17) is 9.47 Å². The number of hydrogen-bond donors (Lipinski definition) is 1. The van der Waals surface area contributed by atoms with E-state index in [1.807, 2.05) is 24.3 Å². The molecule has 0 aromatic heterocycles. The lowest BCUT2D eigenvalue weighted by Crippen LogP contribution is -2.27. The molecule has 94 valence electrons. The molecule has 0 radical (unpaired) electrons. The SMILES string of the molecule is COc1ccccc1OCCN1CC[C@H](O)C1. The summed E-state index contributed by atoms with van der Waals surface area (Å²) >= 11 is 0. The fourth-order valence-electron chi connectivity index (χ4n) is 2.04. The molecule has 0 saturated carbocycles. The second-order valence-electron chi connectivity index (χ2n) is 4.24. The van der Waals surface area contributed by atoms with Crippen LogP contribution in [-0.2, 0) is 0 Å². The van der Waals surface area contributed by atoms with E-state index in [-0.39, 0.29) is 6.10 Å². The van der Waals surface area contributed by atoms with Gasteiger partial charge in [0.25, 0.3) is 0 Å². The summed E-state index contributed by atoms with van der Waals surface area (Å²) < 4.78 is 10.9. The van der Waals surface area contributed by atoms with Gasteiger partial charge in [-0.1, -0.05) is 12.1 Å². The van der Waals surface area contributed by atoms with Crippen molar-refractivity contribution < 1.29 is 14.6 Å². The van der Waals surface area contributed by atoms with Crippen LogP contribution in [0.4, 0.5) is 0 Å². The van der Waals surface area contributed by atoms with Crippen LogP contribution in [0.15, 0.2) is 24.3 Å². The Labute approximate surface area is 102 Å². The maximum atomic E-state index is 9.40. The first-order valence-corrected chi connectivity index (χ1v) is 5.96. The molecule has 4 nitrogen and oxygen atoms in total. The van der Waals surface area contributed by atoms with Crippen LogP contribution >= 0.6 is 0 Å². The molecule has 1 aliphatic heterocycles. The number of ether oxygens (including phenoxy) is 2. The van der Waals surface area contributed by atoms with Crippen LogP contribution in [0, 0.1) is 0 Å². The van der Waals surface area contributed by atoms with Gasteiger partial charge in [0.05, 0.1) is 13.2 Å². The van der Waals surface area contributed by atoms with Gasteiger partial charge in [-0.3, -0.25) is 4.90 Å². The van der Waals surface area contributed by atoms with Crippen molar-refractivity contribution in [2.24, 2.45) is 0 Å². The molecule has 0 aliphatic carbocycles. The van der Waals surface area contributed by atoms with Gasteiger partial charge in [0.15, 0.2) is 11.5 Å². The lowest BCUT2D eigenvalue weighted by atomic mass is 10.3. The van der Waals surface area contributed by atoms with E-state index >= 15 is 0 Å². The van der Waals surface area contributed by atoms with Crippen LogP contribution in [0.5, 0.6) is 11.5 Å². The molecule has 1 atom stereocenters. The maximum Gasteiger partial charge on any atom is 0.161 e. The molecule has 1 saturated heterocycles. The van der Waals surface area contributed by atoms with E-state index < -0.39 is 0 Å². The van der Waals surface area contributed by atoms with Crippen molar-refractivity contribution in [1.82, 2.24) is 4.90 Å². The first-order chi connectivity index (χ1) is 8.29. The molecule has 1 N–H and O–H groups in total. The average molecular weight is 237 g/mol. The van der Waals surface area contributed by atoms with Gasteiger partial charge in [0.1, 0.15) is 6.61 Å². The first kappa shape index (κ1) is 12.2.